The second-order valence-electron chi connectivity index (χ2n) is 6.04. The number of nitrogens with one attached hydrogen (secondary N) is 1. The van der Waals surface area contributed by atoms with Crippen molar-refractivity contribution in [2.45, 2.75) is 12.6 Å². The molecule has 0 unspecified atom stereocenters. The Labute approximate surface area is 168 Å². The van der Waals surface area contributed by atoms with Crippen LogP contribution in [0.3, 0.4) is 0 Å². The summed E-state index contributed by atoms with van der Waals surface area (Å²) in [5.41, 5.74) is -1.36. The first-order valence-corrected chi connectivity index (χ1v) is 8.43. The van der Waals surface area contributed by atoms with E-state index in [4.69, 9.17) is 17.0 Å². The fourth-order valence-corrected chi connectivity index (χ4v) is 2.80. The number of benzene rings is 1. The Morgan fingerprint density at radius 2 is 1.97 bits per heavy atom. The van der Waals surface area contributed by atoms with E-state index in [0.29, 0.717) is 0 Å². The predicted octanol–water partition coefficient (Wildman–Crippen LogP) is 3.04. The van der Waals surface area contributed by atoms with Gasteiger partial charge in [0, 0.05) is 23.9 Å². The number of aromatic nitrogens is 2. The Morgan fingerprint density at radius 1 is 1.23 bits per heavy atom. The van der Waals surface area contributed by atoms with Crippen molar-refractivity contribution < 1.29 is 37.0 Å². The number of hydrogen-bond donors (Lipinski definition) is 2. The molecular weight excluding hydrogens is 406 g/mol. The summed E-state index contributed by atoms with van der Waals surface area (Å²) >= 11 is 0. The highest BCUT2D eigenvalue weighted by atomic mass is 19.4. The molecule has 0 spiro atoms. The van der Waals surface area contributed by atoms with Crippen LogP contribution < -0.4 is 10.1 Å². The predicted molar refractivity (Wildman–Crippen MR) is 98.6 cm³/mol. The van der Waals surface area contributed by atoms with E-state index in [1.165, 1.54) is 25.3 Å². The lowest BCUT2D eigenvalue weighted by Gasteiger charge is -2.11. The van der Waals surface area contributed by atoms with Gasteiger partial charge in [0.25, 0.3) is 0 Å². The van der Waals surface area contributed by atoms with Gasteiger partial charge in [0.05, 0.1) is 7.11 Å². The lowest BCUT2D eigenvalue weighted by atomic mass is 10.1. The first-order valence-electron chi connectivity index (χ1n) is 8.43. The number of carboxylic acid groups (broad SMARTS) is 1. The summed E-state index contributed by atoms with van der Waals surface area (Å²) in [7, 11) is 6.26. The molecule has 1 aromatic carbocycles. The molecule has 3 aromatic rings. The summed E-state index contributed by atoms with van der Waals surface area (Å²) < 4.78 is 49.8. The Bertz CT molecular complexity index is 1130. The number of carboxylic acids is 1. The summed E-state index contributed by atoms with van der Waals surface area (Å²) in [4.78, 5) is 29.9. The van der Waals surface area contributed by atoms with Gasteiger partial charge in [-0.2, -0.15) is 13.2 Å². The maximum Gasteiger partial charge on any atom is 0.433 e. The van der Waals surface area contributed by atoms with Crippen LogP contribution in [-0.4, -0.2) is 48.4 Å². The fraction of sp³-hybridized carbons (Fsp3) is 0.222. The number of fused-ring (bicyclic) bond motifs is 1. The van der Waals surface area contributed by atoms with Gasteiger partial charge in [0.2, 0.25) is 5.89 Å². The second kappa shape index (κ2) is 8.05. The zero-order valence-electron chi connectivity index (χ0n) is 15.4. The number of carbonyl (C=O) groups excluding carboxylic acids is 1. The number of halogens is 3. The molecule has 0 aliphatic rings. The van der Waals surface area contributed by atoms with Crippen molar-refractivity contribution in [1.29, 1.82) is 0 Å². The number of methoxy groups -OCH3 is 1. The zero-order chi connectivity index (χ0) is 22.1. The number of oxazole rings is 1. The summed E-state index contributed by atoms with van der Waals surface area (Å²) in [5.74, 6) is -2.23. The lowest BCUT2D eigenvalue weighted by molar-refractivity contribution is -0.140. The first-order chi connectivity index (χ1) is 14.1. The molecule has 2 aromatic heterocycles. The van der Waals surface area contributed by atoms with E-state index in [1.807, 2.05) is 0 Å². The highest BCUT2D eigenvalue weighted by Gasteiger charge is 2.33. The molecule has 154 valence electrons. The van der Waals surface area contributed by atoms with Crippen molar-refractivity contribution >= 4 is 30.5 Å². The lowest BCUT2D eigenvalue weighted by Crippen LogP contribution is -2.24. The minimum atomic E-state index is -4.66. The maximum absolute atomic E-state index is 13.1. The van der Waals surface area contributed by atoms with Crippen LogP contribution in [-0.2, 0) is 12.6 Å². The molecule has 2 radical (unpaired) electrons. The van der Waals surface area contributed by atoms with Crippen LogP contribution in [0.5, 0.6) is 5.75 Å². The van der Waals surface area contributed by atoms with Crippen LogP contribution in [0.15, 0.2) is 28.7 Å². The number of amides is 1. The van der Waals surface area contributed by atoms with Gasteiger partial charge in [0.1, 0.15) is 22.7 Å². The number of nitrogens with zero attached hydrogens (tertiary/aromatic N) is 2. The topological polar surface area (TPSA) is 115 Å². The van der Waals surface area contributed by atoms with E-state index in [9.17, 15) is 27.9 Å². The molecule has 0 saturated heterocycles. The molecule has 0 fully saturated rings. The summed E-state index contributed by atoms with van der Waals surface area (Å²) in [5, 5.41) is 11.9. The Kier molecular flexibility index (Phi) is 5.68. The number of aromatic carboxylic acids is 1. The van der Waals surface area contributed by atoms with Crippen LogP contribution in [0.4, 0.5) is 18.0 Å². The number of carbonyl (C=O) groups is 2. The van der Waals surface area contributed by atoms with Gasteiger partial charge in [-0.3, -0.25) is 4.79 Å². The van der Waals surface area contributed by atoms with E-state index in [2.05, 4.69) is 15.3 Å². The van der Waals surface area contributed by atoms with Crippen LogP contribution in [0.25, 0.3) is 22.4 Å². The summed E-state index contributed by atoms with van der Waals surface area (Å²) in [6, 6.07) is 4.83. The van der Waals surface area contributed by atoms with Crippen molar-refractivity contribution in [1.82, 2.24) is 15.3 Å². The van der Waals surface area contributed by atoms with Crippen LogP contribution in [0.2, 0.25) is 0 Å². The zero-order valence-corrected chi connectivity index (χ0v) is 15.4. The van der Waals surface area contributed by atoms with Crippen molar-refractivity contribution in [3.8, 4) is 17.2 Å². The number of pyridine rings is 1. The van der Waals surface area contributed by atoms with Crippen molar-refractivity contribution in [2.24, 2.45) is 0 Å². The molecule has 3 rings (SSSR count). The molecule has 0 bridgehead atoms. The molecule has 0 atom stereocenters. The van der Waals surface area contributed by atoms with Gasteiger partial charge in [-0.15, -0.1) is 0 Å². The summed E-state index contributed by atoms with van der Waals surface area (Å²) in [6.45, 7) is 0.00407. The molecule has 30 heavy (non-hydrogen) atoms. The third-order valence-electron chi connectivity index (χ3n) is 4.11. The van der Waals surface area contributed by atoms with Crippen molar-refractivity contribution in [2.75, 3.05) is 13.7 Å². The fourth-order valence-electron chi connectivity index (χ4n) is 2.80. The highest BCUT2D eigenvalue weighted by molar-refractivity contribution is 6.57. The number of alkyl halides is 3. The van der Waals surface area contributed by atoms with Gasteiger partial charge in [0.15, 0.2) is 19.3 Å². The Hall–Kier alpha value is -3.57. The molecule has 1 amide bonds. The number of rotatable bonds is 6. The molecule has 2 heterocycles. The van der Waals surface area contributed by atoms with Gasteiger partial charge < -0.3 is 19.6 Å². The van der Waals surface area contributed by atoms with E-state index >= 15 is 0 Å². The highest BCUT2D eigenvalue weighted by Crippen LogP contribution is 2.36. The Morgan fingerprint density at radius 3 is 2.57 bits per heavy atom. The minimum absolute atomic E-state index is 0.00407. The van der Waals surface area contributed by atoms with Crippen LogP contribution >= 0.6 is 0 Å². The van der Waals surface area contributed by atoms with E-state index in [0.717, 1.165) is 6.07 Å². The van der Waals surface area contributed by atoms with Crippen LogP contribution in [0.1, 0.15) is 21.9 Å². The molecule has 12 heteroatoms. The second-order valence-corrected chi connectivity index (χ2v) is 6.04. The van der Waals surface area contributed by atoms with Crippen molar-refractivity contribution in [3.05, 3.63) is 41.4 Å². The Balaban J connectivity index is 2.12. The standard InChI is InChI=1S/C18H13BF3N3O5/c1-29-10-4-2-9(8-3-5-12(18(20,21)22)24-13(8)10)15-25-14(16(26)27)11(30-15)6-7-23-17(19)28/h2-5H,6-7H2,1H3,(H,23,28)(H,26,27). The molecule has 0 aliphatic heterocycles. The normalized spacial score (nSPS) is 11.5. The quantitative estimate of drug-likeness (QED) is 0.591. The van der Waals surface area contributed by atoms with Crippen molar-refractivity contribution in [3.63, 3.8) is 0 Å². The van der Waals surface area contributed by atoms with Gasteiger partial charge in [-0.05, 0) is 24.3 Å². The molecule has 8 nitrogen and oxygen atoms in total. The average Bonchev–Trinajstić information content (AvgIpc) is 3.10. The summed E-state index contributed by atoms with van der Waals surface area (Å²) in [6.07, 6.45) is -4.67. The molecule has 2 N–H and O–H groups in total. The van der Waals surface area contributed by atoms with Gasteiger partial charge in [-0.25, -0.2) is 14.8 Å². The largest absolute Gasteiger partial charge is 0.494 e. The average molecular weight is 419 g/mol. The van der Waals surface area contributed by atoms with E-state index in [-0.39, 0.29) is 52.5 Å². The SMILES string of the molecule is [B]C(=O)NCCc1oc(-c2ccc(OC)c3nc(C(F)(F)F)ccc23)nc1C(=O)O. The van der Waals surface area contributed by atoms with Gasteiger partial charge >= 0.3 is 12.1 Å². The monoisotopic (exact) mass is 419 g/mol. The number of hydrogen-bond acceptors (Lipinski definition) is 6. The third kappa shape index (κ3) is 4.21. The molecule has 0 aliphatic carbocycles. The molecule has 0 saturated carbocycles. The number of ether oxygens (including phenoxy) is 1. The van der Waals surface area contributed by atoms with Gasteiger partial charge in [-0.1, -0.05) is 0 Å². The first kappa shape index (κ1) is 21.2. The van der Waals surface area contributed by atoms with E-state index < -0.39 is 23.6 Å². The smallest absolute Gasteiger partial charge is 0.433 e. The third-order valence-corrected chi connectivity index (χ3v) is 4.11. The van der Waals surface area contributed by atoms with E-state index in [1.54, 1.807) is 0 Å². The van der Waals surface area contributed by atoms with Crippen LogP contribution in [0, 0.1) is 0 Å². The minimum Gasteiger partial charge on any atom is -0.494 e. The maximum atomic E-state index is 13.1. The molecular formula is C18H13BF3N3O5.